The third-order valence-electron chi connectivity index (χ3n) is 2.28. The molecule has 0 bridgehead atoms. The van der Waals surface area contributed by atoms with Gasteiger partial charge in [0.25, 0.3) is 0 Å². The number of nitrogens with two attached hydrogens (primary N) is 1. The van der Waals surface area contributed by atoms with E-state index in [9.17, 15) is 13.2 Å². The monoisotopic (exact) mass is 219 g/mol. The molecule has 0 aliphatic heterocycles. The lowest BCUT2D eigenvalue weighted by atomic mass is 9.92. The van der Waals surface area contributed by atoms with Gasteiger partial charge in [-0.25, -0.2) is 0 Å². The lowest BCUT2D eigenvalue weighted by Crippen LogP contribution is -2.47. The third-order valence-corrected chi connectivity index (χ3v) is 2.28. The second-order valence-electron chi connectivity index (χ2n) is 3.43. The summed E-state index contributed by atoms with van der Waals surface area (Å²) in [4.78, 5) is 0. The molecular formula is C10H12F3NO. The van der Waals surface area contributed by atoms with Crippen LogP contribution in [0.3, 0.4) is 0 Å². The summed E-state index contributed by atoms with van der Waals surface area (Å²) in [6.45, 7) is 0.939. The van der Waals surface area contributed by atoms with Crippen LogP contribution in [-0.4, -0.2) is 13.3 Å². The molecule has 1 unspecified atom stereocenters. The fourth-order valence-corrected chi connectivity index (χ4v) is 1.10. The van der Waals surface area contributed by atoms with Crippen molar-refractivity contribution >= 4 is 0 Å². The van der Waals surface area contributed by atoms with E-state index >= 15 is 0 Å². The standard InChI is InChI=1S/C10H12F3NO/c1-9(14,10(11,12)13)7-3-5-8(15-2)6-4-7/h3-6H,14H2,1-2H3. The van der Waals surface area contributed by atoms with E-state index in [0.717, 1.165) is 6.92 Å². The zero-order valence-electron chi connectivity index (χ0n) is 8.43. The van der Waals surface area contributed by atoms with Crippen LogP contribution in [0.4, 0.5) is 13.2 Å². The van der Waals surface area contributed by atoms with E-state index in [1.807, 2.05) is 0 Å². The van der Waals surface area contributed by atoms with Crippen molar-refractivity contribution in [1.29, 1.82) is 0 Å². The van der Waals surface area contributed by atoms with Gasteiger partial charge >= 0.3 is 6.18 Å². The van der Waals surface area contributed by atoms with E-state index in [2.05, 4.69) is 0 Å². The number of benzene rings is 1. The summed E-state index contributed by atoms with van der Waals surface area (Å²) >= 11 is 0. The van der Waals surface area contributed by atoms with Crippen LogP contribution in [0.5, 0.6) is 5.75 Å². The molecule has 1 aromatic rings. The molecule has 0 aliphatic carbocycles. The average Bonchev–Trinajstić information content (AvgIpc) is 2.16. The van der Waals surface area contributed by atoms with E-state index in [1.54, 1.807) is 0 Å². The maximum atomic E-state index is 12.5. The molecule has 0 aliphatic rings. The van der Waals surface area contributed by atoms with Crippen LogP contribution in [-0.2, 0) is 5.54 Å². The van der Waals surface area contributed by atoms with Crippen molar-refractivity contribution in [1.82, 2.24) is 0 Å². The van der Waals surface area contributed by atoms with Gasteiger partial charge in [-0.15, -0.1) is 0 Å². The van der Waals surface area contributed by atoms with Crippen molar-refractivity contribution in [3.63, 3.8) is 0 Å². The Morgan fingerprint density at radius 2 is 1.60 bits per heavy atom. The number of methoxy groups -OCH3 is 1. The Morgan fingerprint density at radius 3 is 1.93 bits per heavy atom. The Balaban J connectivity index is 3.06. The highest BCUT2D eigenvalue weighted by Crippen LogP contribution is 2.36. The molecular weight excluding hydrogens is 207 g/mol. The van der Waals surface area contributed by atoms with Gasteiger partial charge in [0.2, 0.25) is 0 Å². The Bertz CT molecular complexity index is 330. The molecule has 0 radical (unpaired) electrons. The predicted octanol–water partition coefficient (Wildman–Crippen LogP) is 2.43. The number of ether oxygens (including phenoxy) is 1. The second-order valence-corrected chi connectivity index (χ2v) is 3.43. The fraction of sp³-hybridized carbons (Fsp3) is 0.400. The number of hydrogen-bond donors (Lipinski definition) is 1. The van der Waals surface area contributed by atoms with Gasteiger partial charge in [-0.1, -0.05) is 12.1 Å². The fourth-order valence-electron chi connectivity index (χ4n) is 1.10. The van der Waals surface area contributed by atoms with Crippen LogP contribution >= 0.6 is 0 Å². The van der Waals surface area contributed by atoms with Gasteiger partial charge in [-0.05, 0) is 24.6 Å². The molecule has 0 amide bonds. The molecule has 0 fully saturated rings. The average molecular weight is 219 g/mol. The summed E-state index contributed by atoms with van der Waals surface area (Å²) in [6.07, 6.45) is -4.47. The first kappa shape index (κ1) is 11.8. The zero-order chi connectivity index (χ0) is 11.7. The first-order valence-corrected chi connectivity index (χ1v) is 4.29. The smallest absolute Gasteiger partial charge is 0.410 e. The molecule has 0 saturated heterocycles. The van der Waals surface area contributed by atoms with E-state index in [4.69, 9.17) is 10.5 Å². The number of alkyl halides is 3. The topological polar surface area (TPSA) is 35.2 Å². The van der Waals surface area contributed by atoms with E-state index in [1.165, 1.54) is 31.4 Å². The summed E-state index contributed by atoms with van der Waals surface area (Å²) in [5.41, 5.74) is 2.92. The van der Waals surface area contributed by atoms with Gasteiger partial charge in [0.1, 0.15) is 11.3 Å². The van der Waals surface area contributed by atoms with Crippen molar-refractivity contribution in [3.05, 3.63) is 29.8 Å². The van der Waals surface area contributed by atoms with Gasteiger partial charge in [-0.3, -0.25) is 0 Å². The largest absolute Gasteiger partial charge is 0.497 e. The molecule has 1 atom stereocenters. The highest BCUT2D eigenvalue weighted by molar-refractivity contribution is 5.32. The van der Waals surface area contributed by atoms with Gasteiger partial charge in [-0.2, -0.15) is 13.2 Å². The summed E-state index contributed by atoms with van der Waals surface area (Å²) in [5.74, 6) is 0.497. The predicted molar refractivity (Wildman–Crippen MR) is 50.6 cm³/mol. The summed E-state index contributed by atoms with van der Waals surface area (Å²) < 4.78 is 42.5. The van der Waals surface area contributed by atoms with Crippen LogP contribution in [0.2, 0.25) is 0 Å². The SMILES string of the molecule is COc1ccc(C(C)(N)C(F)(F)F)cc1. The quantitative estimate of drug-likeness (QED) is 0.829. The van der Waals surface area contributed by atoms with Crippen LogP contribution in [0.1, 0.15) is 12.5 Å². The Hall–Kier alpha value is -1.23. The molecule has 0 saturated carbocycles. The summed E-state index contributed by atoms with van der Waals surface area (Å²) in [5, 5.41) is 0. The Labute approximate surface area is 85.8 Å². The molecule has 1 rings (SSSR count). The third kappa shape index (κ3) is 2.23. The molecule has 15 heavy (non-hydrogen) atoms. The van der Waals surface area contributed by atoms with Gasteiger partial charge < -0.3 is 10.5 Å². The molecule has 0 spiro atoms. The molecule has 2 N–H and O–H groups in total. The van der Waals surface area contributed by atoms with Crippen LogP contribution in [0.15, 0.2) is 24.3 Å². The Morgan fingerprint density at radius 1 is 1.13 bits per heavy atom. The van der Waals surface area contributed by atoms with Gasteiger partial charge in [0.05, 0.1) is 7.11 Å². The summed E-state index contributed by atoms with van der Waals surface area (Å²) in [6, 6.07) is 5.52. The van der Waals surface area contributed by atoms with Crippen molar-refractivity contribution < 1.29 is 17.9 Å². The minimum atomic E-state index is -4.47. The van der Waals surface area contributed by atoms with E-state index in [-0.39, 0.29) is 5.56 Å². The van der Waals surface area contributed by atoms with Crippen LogP contribution in [0, 0.1) is 0 Å². The van der Waals surface area contributed by atoms with Crippen LogP contribution in [0.25, 0.3) is 0 Å². The van der Waals surface area contributed by atoms with Crippen molar-refractivity contribution in [2.45, 2.75) is 18.6 Å². The number of halogens is 3. The number of hydrogen-bond acceptors (Lipinski definition) is 2. The minimum absolute atomic E-state index is 0.0100. The molecule has 1 aromatic carbocycles. The van der Waals surface area contributed by atoms with Crippen molar-refractivity contribution in [2.24, 2.45) is 5.73 Å². The first-order chi connectivity index (χ1) is 6.79. The maximum Gasteiger partial charge on any atom is 0.410 e. The highest BCUT2D eigenvalue weighted by Gasteiger charge is 2.49. The van der Waals surface area contributed by atoms with E-state index < -0.39 is 11.7 Å². The van der Waals surface area contributed by atoms with Crippen molar-refractivity contribution in [3.8, 4) is 5.75 Å². The molecule has 5 heteroatoms. The van der Waals surface area contributed by atoms with Gasteiger partial charge in [0, 0.05) is 0 Å². The van der Waals surface area contributed by atoms with Gasteiger partial charge in [0.15, 0.2) is 0 Å². The first-order valence-electron chi connectivity index (χ1n) is 4.29. The van der Waals surface area contributed by atoms with E-state index in [0.29, 0.717) is 5.75 Å². The normalized spacial score (nSPS) is 15.9. The second kappa shape index (κ2) is 3.73. The lowest BCUT2D eigenvalue weighted by molar-refractivity contribution is -0.184. The zero-order valence-corrected chi connectivity index (χ0v) is 8.43. The minimum Gasteiger partial charge on any atom is -0.497 e. The van der Waals surface area contributed by atoms with Crippen LogP contribution < -0.4 is 10.5 Å². The summed E-state index contributed by atoms with van der Waals surface area (Å²) in [7, 11) is 1.44. The molecule has 0 aromatic heterocycles. The van der Waals surface area contributed by atoms with Crippen molar-refractivity contribution in [2.75, 3.05) is 7.11 Å². The number of rotatable bonds is 2. The molecule has 0 heterocycles. The Kier molecular flexibility index (Phi) is 2.95. The maximum absolute atomic E-state index is 12.5. The molecule has 2 nitrogen and oxygen atoms in total. The molecule has 84 valence electrons. The highest BCUT2D eigenvalue weighted by atomic mass is 19.4. The lowest BCUT2D eigenvalue weighted by Gasteiger charge is -2.28.